The molecule has 2 fully saturated rings. The molecule has 5 nitrogen and oxygen atoms in total. The molecular formula is C25H27N3O2. The van der Waals surface area contributed by atoms with Gasteiger partial charge in [0.15, 0.2) is 5.76 Å². The number of nitrogens with zero attached hydrogens (tertiary/aromatic N) is 3. The van der Waals surface area contributed by atoms with E-state index in [1.54, 1.807) is 6.20 Å². The lowest BCUT2D eigenvalue weighted by molar-refractivity contribution is 0.0632. The molecule has 5 rings (SSSR count). The van der Waals surface area contributed by atoms with Crippen molar-refractivity contribution in [2.24, 2.45) is 5.92 Å². The second kappa shape index (κ2) is 8.07. The Bertz CT molecular complexity index is 1030. The number of hydrogen-bond acceptors (Lipinski definition) is 4. The highest BCUT2D eigenvalue weighted by Gasteiger charge is 2.29. The first-order chi connectivity index (χ1) is 14.7. The van der Waals surface area contributed by atoms with Crippen molar-refractivity contribution >= 4 is 5.91 Å². The number of rotatable bonds is 5. The molecule has 1 aliphatic heterocycles. The molecule has 2 aliphatic rings. The van der Waals surface area contributed by atoms with Gasteiger partial charge >= 0.3 is 0 Å². The van der Waals surface area contributed by atoms with Gasteiger partial charge in [-0.25, -0.2) is 4.98 Å². The van der Waals surface area contributed by atoms with Crippen LogP contribution in [0.5, 0.6) is 0 Å². The molecule has 1 aromatic heterocycles. The van der Waals surface area contributed by atoms with Crippen LogP contribution < -0.4 is 0 Å². The highest BCUT2D eigenvalue weighted by Crippen LogP contribution is 2.31. The molecule has 2 aromatic carbocycles. The van der Waals surface area contributed by atoms with E-state index in [1.165, 1.54) is 24.9 Å². The van der Waals surface area contributed by atoms with E-state index >= 15 is 0 Å². The minimum Gasteiger partial charge on any atom is -0.436 e. The second-order valence-corrected chi connectivity index (χ2v) is 8.48. The molecule has 0 N–H and O–H groups in total. The van der Waals surface area contributed by atoms with Crippen molar-refractivity contribution in [2.45, 2.75) is 19.8 Å². The zero-order valence-electron chi connectivity index (χ0n) is 17.4. The lowest BCUT2D eigenvalue weighted by atomic mass is 10.1. The number of aromatic nitrogens is 1. The molecule has 0 bridgehead atoms. The summed E-state index contributed by atoms with van der Waals surface area (Å²) in [6.45, 7) is 6.72. The van der Waals surface area contributed by atoms with Crippen LogP contribution in [-0.2, 0) is 0 Å². The third kappa shape index (κ3) is 4.03. The Labute approximate surface area is 177 Å². The van der Waals surface area contributed by atoms with E-state index in [2.05, 4.69) is 28.9 Å². The van der Waals surface area contributed by atoms with Crippen LogP contribution in [0.4, 0.5) is 0 Å². The number of carbonyl (C=O) groups is 1. The summed E-state index contributed by atoms with van der Waals surface area (Å²) in [7, 11) is 0. The number of carbonyl (C=O) groups excluding carboxylic acids is 1. The molecule has 0 radical (unpaired) electrons. The number of piperazine rings is 1. The minimum absolute atomic E-state index is 0.0618. The number of amides is 1. The molecule has 3 aromatic rings. The van der Waals surface area contributed by atoms with E-state index in [1.807, 2.05) is 41.3 Å². The summed E-state index contributed by atoms with van der Waals surface area (Å²) in [5.74, 6) is 2.15. The highest BCUT2D eigenvalue weighted by atomic mass is 16.4. The predicted octanol–water partition coefficient (Wildman–Crippen LogP) is 4.48. The van der Waals surface area contributed by atoms with Gasteiger partial charge in [-0.1, -0.05) is 42.0 Å². The van der Waals surface area contributed by atoms with Gasteiger partial charge in [-0.15, -0.1) is 0 Å². The summed E-state index contributed by atoms with van der Waals surface area (Å²) in [5.41, 5.74) is 3.59. The van der Waals surface area contributed by atoms with Crippen molar-refractivity contribution in [1.29, 1.82) is 0 Å². The molecule has 0 spiro atoms. The monoisotopic (exact) mass is 401 g/mol. The van der Waals surface area contributed by atoms with Crippen LogP contribution in [0.2, 0.25) is 0 Å². The largest absolute Gasteiger partial charge is 0.436 e. The smallest absolute Gasteiger partial charge is 0.254 e. The highest BCUT2D eigenvalue weighted by molar-refractivity contribution is 6.00. The maximum atomic E-state index is 13.3. The van der Waals surface area contributed by atoms with Gasteiger partial charge in [0.1, 0.15) is 0 Å². The van der Waals surface area contributed by atoms with E-state index in [0.29, 0.717) is 17.2 Å². The molecule has 30 heavy (non-hydrogen) atoms. The summed E-state index contributed by atoms with van der Waals surface area (Å²) in [6.07, 6.45) is 4.47. The maximum absolute atomic E-state index is 13.3. The van der Waals surface area contributed by atoms with Crippen molar-refractivity contribution in [3.05, 3.63) is 65.9 Å². The Balaban J connectivity index is 1.34. The Hall–Kier alpha value is -2.92. The van der Waals surface area contributed by atoms with Gasteiger partial charge in [0, 0.05) is 43.9 Å². The van der Waals surface area contributed by atoms with Crippen molar-refractivity contribution in [1.82, 2.24) is 14.8 Å². The molecule has 154 valence electrons. The molecule has 1 amide bonds. The zero-order chi connectivity index (χ0) is 20.5. The number of oxazole rings is 1. The Morgan fingerprint density at radius 3 is 2.50 bits per heavy atom. The van der Waals surface area contributed by atoms with E-state index in [4.69, 9.17) is 4.42 Å². The summed E-state index contributed by atoms with van der Waals surface area (Å²) >= 11 is 0. The average Bonchev–Trinajstić information content (AvgIpc) is 3.46. The van der Waals surface area contributed by atoms with Gasteiger partial charge in [-0.3, -0.25) is 9.69 Å². The van der Waals surface area contributed by atoms with Crippen LogP contribution in [0.15, 0.2) is 59.1 Å². The summed E-state index contributed by atoms with van der Waals surface area (Å²) in [5, 5.41) is 0. The van der Waals surface area contributed by atoms with Gasteiger partial charge in [0.25, 0.3) is 5.91 Å². The summed E-state index contributed by atoms with van der Waals surface area (Å²) in [4.78, 5) is 22.2. The minimum atomic E-state index is 0.0618. The van der Waals surface area contributed by atoms with Crippen molar-refractivity contribution < 1.29 is 9.21 Å². The topological polar surface area (TPSA) is 49.6 Å². The SMILES string of the molecule is Cc1ccc(-c2cnc(-c3ccccc3C(=O)N3CCN(CC4CC4)CC3)o2)cc1. The molecule has 1 aliphatic carbocycles. The zero-order valence-corrected chi connectivity index (χ0v) is 17.4. The van der Waals surface area contributed by atoms with E-state index in [-0.39, 0.29) is 5.91 Å². The van der Waals surface area contributed by atoms with E-state index in [9.17, 15) is 4.79 Å². The third-order valence-electron chi connectivity index (χ3n) is 6.10. The number of hydrogen-bond donors (Lipinski definition) is 0. The fourth-order valence-electron chi connectivity index (χ4n) is 4.08. The van der Waals surface area contributed by atoms with Gasteiger partial charge < -0.3 is 9.32 Å². The lowest BCUT2D eigenvalue weighted by Gasteiger charge is -2.35. The molecule has 0 unspecified atom stereocenters. The molecule has 0 atom stereocenters. The first-order valence-corrected chi connectivity index (χ1v) is 10.8. The Morgan fingerprint density at radius 1 is 1.03 bits per heavy atom. The van der Waals surface area contributed by atoms with Crippen molar-refractivity contribution in [2.75, 3.05) is 32.7 Å². The van der Waals surface area contributed by atoms with Crippen LogP contribution in [0.3, 0.4) is 0 Å². The third-order valence-corrected chi connectivity index (χ3v) is 6.10. The van der Waals surface area contributed by atoms with Crippen LogP contribution in [0.1, 0.15) is 28.8 Å². The summed E-state index contributed by atoms with van der Waals surface area (Å²) < 4.78 is 6.05. The molecular weight excluding hydrogens is 374 g/mol. The molecule has 2 heterocycles. The Kier molecular flexibility index (Phi) is 5.13. The quantitative estimate of drug-likeness (QED) is 0.632. The average molecular weight is 402 g/mol. The maximum Gasteiger partial charge on any atom is 0.254 e. The molecule has 1 saturated carbocycles. The number of aryl methyl sites for hydroxylation is 1. The van der Waals surface area contributed by atoms with Gasteiger partial charge in [-0.05, 0) is 37.8 Å². The van der Waals surface area contributed by atoms with Crippen LogP contribution >= 0.6 is 0 Å². The van der Waals surface area contributed by atoms with Gasteiger partial charge in [0.05, 0.1) is 11.8 Å². The van der Waals surface area contributed by atoms with Gasteiger partial charge in [0.2, 0.25) is 5.89 Å². The normalized spacial score (nSPS) is 17.3. The number of benzene rings is 2. The van der Waals surface area contributed by atoms with E-state index < -0.39 is 0 Å². The standard InChI is InChI=1S/C25H27N3O2/c1-18-6-10-20(11-7-18)23-16-26-24(30-23)21-4-2-3-5-22(21)25(29)28-14-12-27(13-15-28)17-19-8-9-19/h2-7,10-11,16,19H,8-9,12-15,17H2,1H3. The fourth-order valence-corrected chi connectivity index (χ4v) is 4.08. The van der Waals surface area contributed by atoms with Crippen LogP contribution in [0, 0.1) is 12.8 Å². The van der Waals surface area contributed by atoms with Crippen molar-refractivity contribution in [3.63, 3.8) is 0 Å². The first-order valence-electron chi connectivity index (χ1n) is 10.8. The van der Waals surface area contributed by atoms with Crippen LogP contribution in [0.25, 0.3) is 22.8 Å². The lowest BCUT2D eigenvalue weighted by Crippen LogP contribution is -2.49. The van der Waals surface area contributed by atoms with Crippen molar-refractivity contribution in [3.8, 4) is 22.8 Å². The summed E-state index contributed by atoms with van der Waals surface area (Å²) in [6, 6.07) is 15.8. The predicted molar refractivity (Wildman–Crippen MR) is 117 cm³/mol. The molecule has 1 saturated heterocycles. The van der Waals surface area contributed by atoms with Crippen LogP contribution in [-0.4, -0.2) is 53.4 Å². The second-order valence-electron chi connectivity index (χ2n) is 8.48. The first kappa shape index (κ1) is 19.1. The Morgan fingerprint density at radius 2 is 1.77 bits per heavy atom. The molecule has 5 heteroatoms. The fraction of sp³-hybridized carbons (Fsp3) is 0.360. The van der Waals surface area contributed by atoms with Gasteiger partial charge in [-0.2, -0.15) is 0 Å². The van der Waals surface area contributed by atoms with E-state index in [0.717, 1.165) is 43.2 Å².